The Bertz CT molecular complexity index is 1570. The number of methoxy groups -OCH3 is 1. The second-order valence-electron chi connectivity index (χ2n) is 8.52. The van der Waals surface area contributed by atoms with Gasteiger partial charge in [-0.25, -0.2) is 9.79 Å². The molecule has 10 heteroatoms. The van der Waals surface area contributed by atoms with E-state index in [1.807, 2.05) is 32.0 Å². The molecule has 0 fully saturated rings. The van der Waals surface area contributed by atoms with Gasteiger partial charge in [-0.2, -0.15) is 0 Å². The molecule has 37 heavy (non-hydrogen) atoms. The zero-order chi connectivity index (χ0) is 26.9. The lowest BCUT2D eigenvalue weighted by Crippen LogP contribution is -2.40. The van der Waals surface area contributed by atoms with Crippen molar-refractivity contribution in [3.63, 3.8) is 0 Å². The Kier molecular flexibility index (Phi) is 8.26. The van der Waals surface area contributed by atoms with Crippen molar-refractivity contribution in [1.29, 1.82) is 0 Å². The molecule has 0 saturated carbocycles. The van der Waals surface area contributed by atoms with Gasteiger partial charge >= 0.3 is 5.97 Å². The lowest BCUT2D eigenvalue weighted by Gasteiger charge is -2.25. The molecular weight excluding hydrogens is 580 g/mol. The fourth-order valence-corrected chi connectivity index (χ4v) is 5.95. The predicted octanol–water partition coefficient (Wildman–Crippen LogP) is 5.01. The number of halogens is 2. The molecule has 2 heterocycles. The van der Waals surface area contributed by atoms with Crippen LogP contribution in [0.5, 0.6) is 11.5 Å². The number of rotatable bonds is 7. The van der Waals surface area contributed by atoms with Gasteiger partial charge in [0.05, 0.1) is 40.1 Å². The van der Waals surface area contributed by atoms with Crippen LogP contribution in [0.15, 0.2) is 61.9 Å². The van der Waals surface area contributed by atoms with Crippen LogP contribution in [0.4, 0.5) is 0 Å². The molecule has 1 aromatic heterocycles. The van der Waals surface area contributed by atoms with E-state index in [0.717, 1.165) is 5.56 Å². The molecule has 194 valence electrons. The van der Waals surface area contributed by atoms with E-state index in [0.29, 0.717) is 41.6 Å². The van der Waals surface area contributed by atoms with E-state index in [-0.39, 0.29) is 23.8 Å². The molecule has 0 saturated heterocycles. The first kappa shape index (κ1) is 27.2. The summed E-state index contributed by atoms with van der Waals surface area (Å²) in [6, 6.07) is 10.1. The van der Waals surface area contributed by atoms with Gasteiger partial charge in [0, 0.05) is 5.02 Å². The van der Waals surface area contributed by atoms with Crippen LogP contribution < -0.4 is 24.4 Å². The van der Waals surface area contributed by atoms with Crippen LogP contribution in [0, 0.1) is 0 Å². The molecule has 7 nitrogen and oxygen atoms in total. The zero-order valence-electron chi connectivity index (χ0n) is 21.0. The molecule has 3 aromatic rings. The van der Waals surface area contributed by atoms with E-state index in [9.17, 15) is 9.59 Å². The SMILES string of the molecule is CCOC(=O)C1=C(C)N=c2s/c(=C\c3cc(Br)c(OC(C)C)c(OC)c3)c(=O)n2[C@H]1c1ccccc1Cl. The maximum absolute atomic E-state index is 13.8. The highest BCUT2D eigenvalue weighted by Gasteiger charge is 2.34. The highest BCUT2D eigenvalue weighted by Crippen LogP contribution is 2.38. The van der Waals surface area contributed by atoms with Gasteiger partial charge in [-0.15, -0.1) is 0 Å². The normalized spacial score (nSPS) is 15.5. The van der Waals surface area contributed by atoms with Crippen LogP contribution in [0.3, 0.4) is 0 Å². The third-order valence-corrected chi connectivity index (χ3v) is 7.54. The monoisotopic (exact) mass is 604 g/mol. The van der Waals surface area contributed by atoms with Crippen LogP contribution in [0.1, 0.15) is 44.9 Å². The third kappa shape index (κ3) is 5.39. The van der Waals surface area contributed by atoms with E-state index in [1.54, 1.807) is 45.2 Å². The Hall–Kier alpha value is -2.88. The third-order valence-electron chi connectivity index (χ3n) is 5.62. The molecule has 0 radical (unpaired) electrons. The number of nitrogens with zero attached hydrogens (tertiary/aromatic N) is 2. The Morgan fingerprint density at radius 2 is 2.03 bits per heavy atom. The molecule has 0 bridgehead atoms. The highest BCUT2D eigenvalue weighted by molar-refractivity contribution is 9.10. The topological polar surface area (TPSA) is 79.1 Å². The minimum absolute atomic E-state index is 0.0404. The van der Waals surface area contributed by atoms with Crippen LogP contribution >= 0.6 is 38.9 Å². The molecule has 0 unspecified atom stereocenters. The lowest BCUT2D eigenvalue weighted by atomic mass is 9.96. The van der Waals surface area contributed by atoms with E-state index in [2.05, 4.69) is 20.9 Å². The second kappa shape index (κ2) is 11.2. The highest BCUT2D eigenvalue weighted by atomic mass is 79.9. The van der Waals surface area contributed by atoms with Crippen molar-refractivity contribution in [3.05, 3.63) is 88.0 Å². The van der Waals surface area contributed by atoms with Crippen molar-refractivity contribution >= 4 is 50.9 Å². The number of carbonyl (C=O) groups is 1. The van der Waals surface area contributed by atoms with Gasteiger partial charge in [0.25, 0.3) is 5.56 Å². The van der Waals surface area contributed by atoms with E-state index in [1.165, 1.54) is 15.9 Å². The van der Waals surface area contributed by atoms with E-state index in [4.69, 9.17) is 25.8 Å². The quantitative estimate of drug-likeness (QED) is 0.354. The number of esters is 1. The number of ether oxygens (including phenoxy) is 3. The van der Waals surface area contributed by atoms with Gasteiger partial charge < -0.3 is 14.2 Å². The summed E-state index contributed by atoms with van der Waals surface area (Å²) in [5.41, 5.74) is 1.83. The first-order valence-corrected chi connectivity index (χ1v) is 13.6. The van der Waals surface area contributed by atoms with Gasteiger partial charge in [0.2, 0.25) is 0 Å². The van der Waals surface area contributed by atoms with E-state index < -0.39 is 12.0 Å². The standard InChI is InChI=1S/C27H26BrClN2O5S/c1-6-35-26(33)22-15(4)30-27-31(23(22)17-9-7-8-10-19(17)29)25(32)21(37-27)13-16-11-18(28)24(36-14(2)3)20(12-16)34-5/h7-14,23H,6H2,1-5H3/b21-13-/t23-/m0/s1. The van der Waals surface area contributed by atoms with Crippen molar-refractivity contribution in [3.8, 4) is 11.5 Å². The number of hydrogen-bond donors (Lipinski definition) is 0. The van der Waals surface area contributed by atoms with Crippen LogP contribution in [-0.4, -0.2) is 30.4 Å². The molecular formula is C27H26BrClN2O5S. The van der Waals surface area contributed by atoms with E-state index >= 15 is 0 Å². The molecule has 0 N–H and O–H groups in total. The van der Waals surface area contributed by atoms with Crippen molar-refractivity contribution in [2.45, 2.75) is 39.8 Å². The van der Waals surface area contributed by atoms with Gasteiger partial charge in [-0.05, 0) is 79.0 Å². The number of hydrogen-bond acceptors (Lipinski definition) is 7. The number of benzene rings is 2. The fraction of sp³-hybridized carbons (Fsp3) is 0.296. The fourth-order valence-electron chi connectivity index (χ4n) is 4.11. The largest absolute Gasteiger partial charge is 0.493 e. The summed E-state index contributed by atoms with van der Waals surface area (Å²) in [5, 5.41) is 0.438. The molecule has 1 aliphatic heterocycles. The van der Waals surface area contributed by atoms with Crippen molar-refractivity contribution in [2.24, 2.45) is 4.99 Å². The van der Waals surface area contributed by atoms with Gasteiger partial charge in [0.15, 0.2) is 16.3 Å². The molecule has 0 amide bonds. The first-order valence-electron chi connectivity index (χ1n) is 11.6. The van der Waals surface area contributed by atoms with Crippen LogP contribution in [-0.2, 0) is 9.53 Å². The molecule has 1 atom stereocenters. The molecule has 0 spiro atoms. The van der Waals surface area contributed by atoms with Crippen molar-refractivity contribution < 1.29 is 19.0 Å². The summed E-state index contributed by atoms with van der Waals surface area (Å²) in [7, 11) is 1.57. The minimum atomic E-state index is -0.769. The second-order valence-corrected chi connectivity index (χ2v) is 10.8. The van der Waals surface area contributed by atoms with Crippen LogP contribution in [0.2, 0.25) is 5.02 Å². The minimum Gasteiger partial charge on any atom is -0.493 e. The molecule has 2 aromatic carbocycles. The smallest absolute Gasteiger partial charge is 0.338 e. The van der Waals surface area contributed by atoms with Crippen molar-refractivity contribution in [1.82, 2.24) is 4.57 Å². The Labute approximate surface area is 231 Å². The zero-order valence-corrected chi connectivity index (χ0v) is 24.2. The Balaban J connectivity index is 1.93. The number of allylic oxidation sites excluding steroid dienone is 1. The number of fused-ring (bicyclic) bond motifs is 1. The summed E-state index contributed by atoms with van der Waals surface area (Å²) >= 11 is 11.3. The maximum Gasteiger partial charge on any atom is 0.338 e. The number of aromatic nitrogens is 1. The van der Waals surface area contributed by atoms with Crippen molar-refractivity contribution in [2.75, 3.05) is 13.7 Å². The number of thiazole rings is 1. The Morgan fingerprint density at radius 3 is 2.68 bits per heavy atom. The van der Waals surface area contributed by atoms with Gasteiger partial charge in [-0.3, -0.25) is 9.36 Å². The average Bonchev–Trinajstić information content (AvgIpc) is 3.14. The first-order chi connectivity index (χ1) is 17.7. The Morgan fingerprint density at radius 1 is 1.30 bits per heavy atom. The summed E-state index contributed by atoms with van der Waals surface area (Å²) < 4.78 is 19.4. The summed E-state index contributed by atoms with van der Waals surface area (Å²) in [6.45, 7) is 7.54. The molecule has 4 rings (SSSR count). The number of carbonyl (C=O) groups excluding carboxylic acids is 1. The maximum atomic E-state index is 13.8. The molecule has 1 aliphatic rings. The lowest BCUT2D eigenvalue weighted by molar-refractivity contribution is -0.139. The van der Waals surface area contributed by atoms with Gasteiger partial charge in [0.1, 0.15) is 6.04 Å². The molecule has 0 aliphatic carbocycles. The van der Waals surface area contributed by atoms with Gasteiger partial charge in [-0.1, -0.05) is 41.1 Å². The summed E-state index contributed by atoms with van der Waals surface area (Å²) in [5.74, 6) is 0.596. The predicted molar refractivity (Wildman–Crippen MR) is 148 cm³/mol. The van der Waals surface area contributed by atoms with Crippen LogP contribution in [0.25, 0.3) is 6.08 Å². The summed E-state index contributed by atoms with van der Waals surface area (Å²) in [4.78, 5) is 31.9. The summed E-state index contributed by atoms with van der Waals surface area (Å²) in [6.07, 6.45) is 1.73. The average molecular weight is 606 g/mol.